The fourth-order valence-electron chi connectivity index (χ4n) is 1.73. The summed E-state index contributed by atoms with van der Waals surface area (Å²) in [6, 6.07) is 14.8. The van der Waals surface area contributed by atoms with Gasteiger partial charge in [0, 0.05) is 11.8 Å². The van der Waals surface area contributed by atoms with Crippen LogP contribution in [0.5, 0.6) is 0 Å². The number of thiazole rings is 1. The fourth-order valence-corrected chi connectivity index (χ4v) is 3.67. The normalized spacial score (nSPS) is 10.9. The lowest BCUT2D eigenvalue weighted by Crippen LogP contribution is -1.75. The molecule has 83 valence electrons. The van der Waals surface area contributed by atoms with Crippen molar-refractivity contribution in [1.29, 1.82) is 0 Å². The Labute approximate surface area is 109 Å². The van der Waals surface area contributed by atoms with Gasteiger partial charge in [-0.1, -0.05) is 48.2 Å². The van der Waals surface area contributed by atoms with Crippen LogP contribution in [0.1, 0.15) is 5.01 Å². The van der Waals surface area contributed by atoms with Crippen LogP contribution in [0.25, 0.3) is 10.8 Å². The van der Waals surface area contributed by atoms with Crippen molar-refractivity contribution < 1.29 is 0 Å². The summed E-state index contributed by atoms with van der Waals surface area (Å²) in [6.45, 7) is 3.84. The second kappa shape index (κ2) is 4.51. The van der Waals surface area contributed by atoms with Crippen molar-refractivity contribution >= 4 is 33.9 Å². The van der Waals surface area contributed by atoms with Crippen LogP contribution in [0.4, 0.5) is 0 Å². The van der Waals surface area contributed by atoms with E-state index >= 15 is 0 Å². The van der Waals surface area contributed by atoms with Crippen LogP contribution < -0.4 is 0 Å². The second-order valence-electron chi connectivity index (χ2n) is 3.65. The van der Waals surface area contributed by atoms with Crippen molar-refractivity contribution in [2.24, 2.45) is 0 Å². The molecule has 0 atom stereocenters. The highest BCUT2D eigenvalue weighted by atomic mass is 32.2. The molecular weight excluding hydrogens is 246 g/mol. The highest BCUT2D eigenvalue weighted by Crippen LogP contribution is 2.35. The van der Waals surface area contributed by atoms with Crippen LogP contribution in [-0.4, -0.2) is 4.98 Å². The Bertz CT molecular complexity index is 653. The van der Waals surface area contributed by atoms with Crippen molar-refractivity contribution in [1.82, 2.24) is 4.98 Å². The Morgan fingerprint density at radius 3 is 2.71 bits per heavy atom. The molecule has 0 aliphatic carbocycles. The Morgan fingerprint density at radius 1 is 1.06 bits per heavy atom. The number of hydrogen-bond donors (Lipinski definition) is 0. The van der Waals surface area contributed by atoms with Crippen molar-refractivity contribution in [2.75, 3.05) is 0 Å². The first-order valence-electron chi connectivity index (χ1n) is 5.26. The Morgan fingerprint density at radius 2 is 1.88 bits per heavy atom. The van der Waals surface area contributed by atoms with E-state index in [4.69, 9.17) is 0 Å². The molecule has 3 heteroatoms. The Balaban J connectivity index is 2.05. The van der Waals surface area contributed by atoms with E-state index in [9.17, 15) is 0 Å². The molecule has 0 N–H and O–H groups in total. The quantitative estimate of drug-likeness (QED) is 0.663. The van der Waals surface area contributed by atoms with Crippen LogP contribution in [0.15, 0.2) is 57.8 Å². The predicted molar refractivity (Wildman–Crippen MR) is 74.6 cm³/mol. The summed E-state index contributed by atoms with van der Waals surface area (Å²) in [5.41, 5.74) is 0. The van der Waals surface area contributed by atoms with Gasteiger partial charge in [0.05, 0.1) is 15.4 Å². The van der Waals surface area contributed by atoms with E-state index in [-0.39, 0.29) is 0 Å². The molecule has 3 aromatic rings. The van der Waals surface area contributed by atoms with Gasteiger partial charge in [0.25, 0.3) is 0 Å². The zero-order valence-electron chi connectivity index (χ0n) is 9.09. The number of nitrogens with zero attached hydrogens (tertiary/aromatic N) is 1. The van der Waals surface area contributed by atoms with E-state index in [2.05, 4.69) is 54.4 Å². The molecule has 0 unspecified atom stereocenters. The van der Waals surface area contributed by atoms with Gasteiger partial charge < -0.3 is 0 Å². The summed E-state index contributed by atoms with van der Waals surface area (Å²) < 4.78 is 1.19. The third kappa shape index (κ3) is 2.21. The summed E-state index contributed by atoms with van der Waals surface area (Å²) in [6.07, 6.45) is 1.89. The first-order chi connectivity index (χ1) is 8.33. The molecule has 0 spiro atoms. The van der Waals surface area contributed by atoms with E-state index in [1.807, 2.05) is 6.20 Å². The Hall–Kier alpha value is -1.32. The highest BCUT2D eigenvalue weighted by Gasteiger charge is 2.04. The van der Waals surface area contributed by atoms with Crippen LogP contribution in [0.3, 0.4) is 0 Å². The molecule has 0 fully saturated rings. The molecule has 1 nitrogen and oxygen atoms in total. The van der Waals surface area contributed by atoms with Crippen molar-refractivity contribution in [2.45, 2.75) is 9.10 Å². The zero-order chi connectivity index (χ0) is 11.7. The maximum absolute atomic E-state index is 4.18. The van der Waals surface area contributed by atoms with Gasteiger partial charge in [-0.25, -0.2) is 4.98 Å². The second-order valence-corrected chi connectivity index (χ2v) is 6.11. The molecular formula is C14H10NS2. The number of fused-ring (bicyclic) bond motifs is 1. The molecule has 1 radical (unpaired) electrons. The van der Waals surface area contributed by atoms with Crippen LogP contribution in [-0.2, 0) is 0 Å². The minimum Gasteiger partial charge on any atom is -0.248 e. The van der Waals surface area contributed by atoms with Gasteiger partial charge >= 0.3 is 0 Å². The SMILES string of the molecule is [CH2]c1ncc(Sc2cccc3ccccc23)s1. The lowest BCUT2D eigenvalue weighted by atomic mass is 10.1. The monoisotopic (exact) mass is 256 g/mol. The Kier molecular flexibility index (Phi) is 2.87. The topological polar surface area (TPSA) is 12.9 Å². The first kappa shape index (κ1) is 10.8. The zero-order valence-corrected chi connectivity index (χ0v) is 10.7. The largest absolute Gasteiger partial charge is 0.248 e. The van der Waals surface area contributed by atoms with Gasteiger partial charge in [0.15, 0.2) is 0 Å². The molecule has 0 aliphatic rings. The number of benzene rings is 2. The number of rotatable bonds is 2. The van der Waals surface area contributed by atoms with Crippen molar-refractivity contribution in [3.05, 3.63) is 60.6 Å². The molecule has 2 aromatic carbocycles. The molecule has 3 rings (SSSR count). The van der Waals surface area contributed by atoms with Crippen LogP contribution in [0.2, 0.25) is 0 Å². The highest BCUT2D eigenvalue weighted by molar-refractivity contribution is 8.01. The average molecular weight is 256 g/mol. The van der Waals surface area contributed by atoms with Gasteiger partial charge in [0.1, 0.15) is 0 Å². The molecule has 17 heavy (non-hydrogen) atoms. The van der Waals surface area contributed by atoms with E-state index in [0.29, 0.717) is 0 Å². The summed E-state index contributed by atoms with van der Waals surface area (Å²) in [5.74, 6) is 0. The van der Waals surface area contributed by atoms with E-state index in [1.165, 1.54) is 19.9 Å². The predicted octanol–water partition coefficient (Wildman–Crippen LogP) is 4.63. The third-order valence-electron chi connectivity index (χ3n) is 2.49. The maximum atomic E-state index is 4.18. The molecule has 0 saturated heterocycles. The summed E-state index contributed by atoms with van der Waals surface area (Å²) in [7, 11) is 0. The van der Waals surface area contributed by atoms with Crippen molar-refractivity contribution in [3.8, 4) is 0 Å². The van der Waals surface area contributed by atoms with Crippen LogP contribution >= 0.6 is 23.1 Å². The van der Waals surface area contributed by atoms with Crippen LogP contribution in [0, 0.1) is 6.92 Å². The van der Waals surface area contributed by atoms with Crippen molar-refractivity contribution in [3.63, 3.8) is 0 Å². The number of aromatic nitrogens is 1. The molecule has 0 amide bonds. The summed E-state index contributed by atoms with van der Waals surface area (Å²) in [4.78, 5) is 5.45. The molecule has 1 heterocycles. The summed E-state index contributed by atoms with van der Waals surface area (Å²) in [5, 5.41) is 3.43. The minimum atomic E-state index is 0.868. The summed E-state index contributed by atoms with van der Waals surface area (Å²) >= 11 is 3.39. The molecule has 0 saturated carbocycles. The van der Waals surface area contributed by atoms with Gasteiger partial charge in [-0.05, 0) is 16.8 Å². The average Bonchev–Trinajstić information content (AvgIpc) is 2.75. The van der Waals surface area contributed by atoms with Gasteiger partial charge in [-0.2, -0.15) is 0 Å². The lowest BCUT2D eigenvalue weighted by molar-refractivity contribution is 1.33. The van der Waals surface area contributed by atoms with Gasteiger partial charge in [0.2, 0.25) is 0 Å². The fraction of sp³-hybridized carbons (Fsp3) is 0. The van der Waals surface area contributed by atoms with E-state index < -0.39 is 0 Å². The standard InChI is InChI=1S/C14H10NS2/c1-10-15-9-14(16-10)17-13-8-4-6-11-5-2-3-7-12(11)13/h2-9H,1H2. The van der Waals surface area contributed by atoms with Gasteiger partial charge in [-0.15, -0.1) is 11.3 Å². The molecule has 0 bridgehead atoms. The number of hydrogen-bond acceptors (Lipinski definition) is 3. The van der Waals surface area contributed by atoms with E-state index in [0.717, 1.165) is 5.01 Å². The molecule has 0 aliphatic heterocycles. The smallest absolute Gasteiger partial charge is 0.0941 e. The minimum absolute atomic E-state index is 0.868. The first-order valence-corrected chi connectivity index (χ1v) is 6.89. The lowest BCUT2D eigenvalue weighted by Gasteiger charge is -2.03. The maximum Gasteiger partial charge on any atom is 0.0941 e. The van der Waals surface area contributed by atoms with Gasteiger partial charge in [-0.3, -0.25) is 0 Å². The molecule has 1 aromatic heterocycles. The third-order valence-corrected chi connectivity index (χ3v) is 4.52. The van der Waals surface area contributed by atoms with E-state index in [1.54, 1.807) is 23.1 Å².